The lowest BCUT2D eigenvalue weighted by Gasteiger charge is -2.32. The first-order valence-electron chi connectivity index (χ1n) is 8.60. The van der Waals surface area contributed by atoms with Gasteiger partial charge < -0.3 is 9.64 Å². The van der Waals surface area contributed by atoms with Crippen LogP contribution in [0.4, 0.5) is 0 Å². The molecule has 0 bridgehead atoms. The highest BCUT2D eigenvalue weighted by molar-refractivity contribution is 7.09. The Labute approximate surface area is 136 Å². The number of aromatic nitrogens is 1. The molecule has 3 heterocycles. The van der Waals surface area contributed by atoms with Crippen LogP contribution >= 0.6 is 11.3 Å². The Hall–Kier alpha value is -0.940. The zero-order chi connectivity index (χ0) is 15.4. The lowest BCUT2D eigenvalue weighted by Crippen LogP contribution is -2.39. The molecule has 3 rings (SSSR count). The summed E-state index contributed by atoms with van der Waals surface area (Å²) in [5, 5.41) is 3.38. The van der Waals surface area contributed by atoms with Gasteiger partial charge in [0.05, 0.1) is 16.8 Å². The number of amides is 1. The van der Waals surface area contributed by atoms with Gasteiger partial charge in [-0.15, -0.1) is 11.3 Å². The van der Waals surface area contributed by atoms with Crippen LogP contribution in [-0.4, -0.2) is 41.6 Å². The van der Waals surface area contributed by atoms with Gasteiger partial charge in [0.25, 0.3) is 0 Å². The standard InChI is InChI=1S/C17H26N2O2S/c1-2-14-12-22-17(18-14)13-5-3-9-19(11-13)16(20)8-7-15-6-4-10-21-15/h12-13,15H,2-11H2,1H3/t13-,15+/m1/s1. The number of hydrogen-bond donors (Lipinski definition) is 0. The van der Waals surface area contributed by atoms with Crippen molar-refractivity contribution < 1.29 is 9.53 Å². The summed E-state index contributed by atoms with van der Waals surface area (Å²) in [6, 6.07) is 0. The van der Waals surface area contributed by atoms with Crippen LogP contribution < -0.4 is 0 Å². The molecule has 0 saturated carbocycles. The Morgan fingerprint density at radius 3 is 3.09 bits per heavy atom. The SMILES string of the molecule is CCc1csc([C@@H]2CCCN(C(=O)CC[C@@H]3CCCO3)C2)n1. The molecule has 4 nitrogen and oxygen atoms in total. The van der Waals surface area contributed by atoms with E-state index in [0.717, 1.165) is 58.2 Å². The predicted molar refractivity (Wildman–Crippen MR) is 88.3 cm³/mol. The van der Waals surface area contributed by atoms with E-state index in [1.54, 1.807) is 11.3 Å². The number of carbonyl (C=O) groups is 1. The van der Waals surface area contributed by atoms with Crippen LogP contribution in [0.15, 0.2) is 5.38 Å². The lowest BCUT2D eigenvalue weighted by molar-refractivity contribution is -0.133. The molecule has 0 unspecified atom stereocenters. The quantitative estimate of drug-likeness (QED) is 0.834. The van der Waals surface area contributed by atoms with Crippen LogP contribution in [0.2, 0.25) is 0 Å². The zero-order valence-electron chi connectivity index (χ0n) is 13.4. The average molecular weight is 322 g/mol. The van der Waals surface area contributed by atoms with E-state index < -0.39 is 0 Å². The van der Waals surface area contributed by atoms with Crippen molar-refractivity contribution in [2.45, 2.75) is 63.9 Å². The first-order valence-corrected chi connectivity index (χ1v) is 9.48. The summed E-state index contributed by atoms with van der Waals surface area (Å²) >= 11 is 1.76. The van der Waals surface area contributed by atoms with E-state index in [4.69, 9.17) is 9.72 Å². The minimum Gasteiger partial charge on any atom is -0.378 e. The summed E-state index contributed by atoms with van der Waals surface area (Å²) in [6.45, 7) is 4.77. The van der Waals surface area contributed by atoms with Crippen LogP contribution in [0, 0.1) is 0 Å². The van der Waals surface area contributed by atoms with Gasteiger partial charge >= 0.3 is 0 Å². The van der Waals surface area contributed by atoms with E-state index in [1.165, 1.54) is 10.7 Å². The molecule has 2 saturated heterocycles. The molecule has 0 radical (unpaired) electrons. The molecule has 1 aromatic heterocycles. The smallest absolute Gasteiger partial charge is 0.222 e. The molecule has 2 aliphatic rings. The Balaban J connectivity index is 1.51. The molecule has 2 aliphatic heterocycles. The van der Waals surface area contributed by atoms with Crippen LogP contribution in [0.3, 0.4) is 0 Å². The van der Waals surface area contributed by atoms with Gasteiger partial charge in [-0.3, -0.25) is 4.79 Å². The second-order valence-corrected chi connectivity index (χ2v) is 7.27. The molecular formula is C17H26N2O2S. The van der Waals surface area contributed by atoms with E-state index in [0.29, 0.717) is 24.3 Å². The van der Waals surface area contributed by atoms with Crippen molar-refractivity contribution in [3.63, 3.8) is 0 Å². The summed E-state index contributed by atoms with van der Waals surface area (Å²) in [6.07, 6.45) is 7.35. The Bertz CT molecular complexity index is 497. The van der Waals surface area contributed by atoms with Gasteiger partial charge in [-0.2, -0.15) is 0 Å². The molecule has 0 N–H and O–H groups in total. The zero-order valence-corrected chi connectivity index (χ0v) is 14.2. The van der Waals surface area contributed by atoms with Gasteiger partial charge in [0.1, 0.15) is 0 Å². The normalized spacial score (nSPS) is 25.6. The van der Waals surface area contributed by atoms with Crippen molar-refractivity contribution in [3.05, 3.63) is 16.1 Å². The maximum absolute atomic E-state index is 12.4. The number of aryl methyl sites for hydroxylation is 1. The van der Waals surface area contributed by atoms with Crippen molar-refractivity contribution in [3.8, 4) is 0 Å². The van der Waals surface area contributed by atoms with Gasteiger partial charge in [0, 0.05) is 37.4 Å². The maximum atomic E-state index is 12.4. The van der Waals surface area contributed by atoms with Gasteiger partial charge in [0.15, 0.2) is 0 Å². The number of ether oxygens (including phenoxy) is 1. The summed E-state index contributed by atoms with van der Waals surface area (Å²) in [5.41, 5.74) is 1.18. The van der Waals surface area contributed by atoms with E-state index in [2.05, 4.69) is 17.2 Å². The fraction of sp³-hybridized carbons (Fsp3) is 0.765. The van der Waals surface area contributed by atoms with Crippen molar-refractivity contribution in [1.82, 2.24) is 9.88 Å². The Morgan fingerprint density at radius 2 is 2.36 bits per heavy atom. The second-order valence-electron chi connectivity index (χ2n) is 6.38. The van der Waals surface area contributed by atoms with Gasteiger partial charge in [0.2, 0.25) is 5.91 Å². The molecule has 122 valence electrons. The molecule has 5 heteroatoms. The van der Waals surface area contributed by atoms with Crippen LogP contribution in [-0.2, 0) is 16.0 Å². The molecular weight excluding hydrogens is 296 g/mol. The van der Waals surface area contributed by atoms with Gasteiger partial charge in [-0.1, -0.05) is 6.92 Å². The predicted octanol–water partition coefficient (Wildman–Crippen LogP) is 3.37. The fourth-order valence-corrected chi connectivity index (χ4v) is 4.42. The number of piperidine rings is 1. The minimum absolute atomic E-state index is 0.299. The monoisotopic (exact) mass is 322 g/mol. The number of hydrogen-bond acceptors (Lipinski definition) is 4. The first kappa shape index (κ1) is 15.9. The number of carbonyl (C=O) groups excluding carboxylic acids is 1. The lowest BCUT2D eigenvalue weighted by atomic mass is 9.98. The summed E-state index contributed by atoms with van der Waals surface area (Å²) < 4.78 is 5.62. The molecule has 0 spiro atoms. The third-order valence-corrected chi connectivity index (χ3v) is 5.82. The fourth-order valence-electron chi connectivity index (χ4n) is 3.39. The van der Waals surface area contributed by atoms with Crippen molar-refractivity contribution in [1.29, 1.82) is 0 Å². The largest absolute Gasteiger partial charge is 0.378 e. The molecule has 2 fully saturated rings. The van der Waals surface area contributed by atoms with E-state index >= 15 is 0 Å². The summed E-state index contributed by atoms with van der Waals surface area (Å²) in [4.78, 5) is 19.2. The van der Waals surface area contributed by atoms with Crippen LogP contribution in [0.1, 0.15) is 62.1 Å². The Kier molecular flexibility index (Phi) is 5.47. The van der Waals surface area contributed by atoms with Crippen molar-refractivity contribution in [2.75, 3.05) is 19.7 Å². The van der Waals surface area contributed by atoms with Crippen LogP contribution in [0.5, 0.6) is 0 Å². The number of thiazole rings is 1. The average Bonchev–Trinajstić information content (AvgIpc) is 3.24. The van der Waals surface area contributed by atoms with Gasteiger partial charge in [-0.05, 0) is 38.5 Å². The summed E-state index contributed by atoms with van der Waals surface area (Å²) in [5.74, 6) is 0.734. The van der Waals surface area contributed by atoms with Crippen molar-refractivity contribution >= 4 is 17.2 Å². The highest BCUT2D eigenvalue weighted by Crippen LogP contribution is 2.30. The topological polar surface area (TPSA) is 42.4 Å². The number of rotatable bonds is 5. The number of likely N-dealkylation sites (tertiary alicyclic amines) is 1. The molecule has 1 amide bonds. The highest BCUT2D eigenvalue weighted by Gasteiger charge is 2.27. The molecule has 1 aromatic rings. The van der Waals surface area contributed by atoms with Crippen molar-refractivity contribution in [2.24, 2.45) is 0 Å². The van der Waals surface area contributed by atoms with E-state index in [-0.39, 0.29) is 0 Å². The molecule has 0 aliphatic carbocycles. The van der Waals surface area contributed by atoms with Gasteiger partial charge in [-0.25, -0.2) is 4.98 Å². The molecule has 22 heavy (non-hydrogen) atoms. The third-order valence-electron chi connectivity index (χ3n) is 4.76. The Morgan fingerprint density at radius 1 is 1.45 bits per heavy atom. The minimum atomic E-state index is 0.299. The summed E-state index contributed by atoms with van der Waals surface area (Å²) in [7, 11) is 0. The van der Waals surface area contributed by atoms with E-state index in [1.807, 2.05) is 0 Å². The highest BCUT2D eigenvalue weighted by atomic mass is 32.1. The second kappa shape index (κ2) is 7.55. The first-order chi connectivity index (χ1) is 10.8. The number of nitrogens with zero attached hydrogens (tertiary/aromatic N) is 2. The maximum Gasteiger partial charge on any atom is 0.222 e. The molecule has 0 aromatic carbocycles. The van der Waals surface area contributed by atoms with E-state index in [9.17, 15) is 4.79 Å². The van der Waals surface area contributed by atoms with Crippen LogP contribution in [0.25, 0.3) is 0 Å². The third kappa shape index (κ3) is 3.87. The molecule has 2 atom stereocenters.